The van der Waals surface area contributed by atoms with Crippen molar-refractivity contribution in [3.05, 3.63) is 41.9 Å². The third kappa shape index (κ3) is 2.34. The van der Waals surface area contributed by atoms with Crippen LogP contribution in [0.15, 0.2) is 30.7 Å². The van der Waals surface area contributed by atoms with Gasteiger partial charge in [0.1, 0.15) is 5.82 Å². The first kappa shape index (κ1) is 9.71. The molecule has 2 heterocycles. The molecule has 0 atom stereocenters. The molecule has 2 aromatic rings. The van der Waals surface area contributed by atoms with Gasteiger partial charge in [0.05, 0.1) is 0 Å². The highest BCUT2D eigenvalue weighted by atomic mass is 15.3. The van der Waals surface area contributed by atoms with Crippen molar-refractivity contribution >= 4 is 5.82 Å². The predicted molar refractivity (Wildman–Crippen MR) is 59.3 cm³/mol. The molecule has 0 spiro atoms. The Morgan fingerprint density at radius 2 is 2.27 bits per heavy atom. The van der Waals surface area contributed by atoms with E-state index in [2.05, 4.69) is 17.0 Å². The van der Waals surface area contributed by atoms with Gasteiger partial charge in [0.25, 0.3) is 0 Å². The largest absolute Gasteiger partial charge is 0.382 e. The molecule has 2 N–H and O–H groups in total. The molecular formula is C11H14N4. The average Bonchev–Trinajstić information content (AvgIpc) is 2.63. The summed E-state index contributed by atoms with van der Waals surface area (Å²) in [6.45, 7) is 2.92. The topological polar surface area (TPSA) is 56.7 Å². The van der Waals surface area contributed by atoms with Gasteiger partial charge in [0, 0.05) is 25.1 Å². The van der Waals surface area contributed by atoms with Gasteiger partial charge in [-0.05, 0) is 36.6 Å². The molecule has 2 aromatic heterocycles. The minimum Gasteiger partial charge on any atom is -0.382 e. The van der Waals surface area contributed by atoms with E-state index in [0.717, 1.165) is 13.0 Å². The lowest BCUT2D eigenvalue weighted by molar-refractivity contribution is 0.616. The fourth-order valence-corrected chi connectivity index (χ4v) is 1.52. The van der Waals surface area contributed by atoms with Crippen LogP contribution >= 0.6 is 0 Å². The van der Waals surface area contributed by atoms with Crippen molar-refractivity contribution in [2.75, 3.05) is 5.73 Å². The summed E-state index contributed by atoms with van der Waals surface area (Å²) in [5, 5.41) is 4.13. The minimum atomic E-state index is 0.571. The number of nitrogens with two attached hydrogens (primary N) is 1. The lowest BCUT2D eigenvalue weighted by Crippen LogP contribution is -2.03. The van der Waals surface area contributed by atoms with Crippen LogP contribution in [-0.2, 0) is 13.0 Å². The van der Waals surface area contributed by atoms with Crippen LogP contribution in [0.25, 0.3) is 0 Å². The van der Waals surface area contributed by atoms with Crippen molar-refractivity contribution in [2.45, 2.75) is 19.9 Å². The molecule has 0 amide bonds. The van der Waals surface area contributed by atoms with E-state index in [0.29, 0.717) is 5.82 Å². The van der Waals surface area contributed by atoms with Gasteiger partial charge in [-0.25, -0.2) is 0 Å². The van der Waals surface area contributed by atoms with E-state index >= 15 is 0 Å². The molecule has 0 fully saturated rings. The second-order valence-electron chi connectivity index (χ2n) is 3.56. The Morgan fingerprint density at radius 3 is 2.93 bits per heavy atom. The molecule has 0 radical (unpaired) electrons. The van der Waals surface area contributed by atoms with E-state index in [1.165, 1.54) is 11.1 Å². The Bertz CT molecular complexity index is 447. The lowest BCUT2D eigenvalue weighted by atomic mass is 10.1. The third-order valence-electron chi connectivity index (χ3n) is 2.41. The van der Waals surface area contributed by atoms with Crippen molar-refractivity contribution in [1.29, 1.82) is 0 Å². The van der Waals surface area contributed by atoms with Crippen molar-refractivity contribution in [3.63, 3.8) is 0 Å². The Labute approximate surface area is 88.8 Å². The highest BCUT2D eigenvalue weighted by molar-refractivity contribution is 5.24. The number of hydrogen-bond donors (Lipinski definition) is 1. The van der Waals surface area contributed by atoms with Gasteiger partial charge in [-0.2, -0.15) is 5.10 Å². The molecule has 0 aliphatic carbocycles. The number of hydrogen-bond acceptors (Lipinski definition) is 3. The molecule has 0 aliphatic heterocycles. The molecule has 15 heavy (non-hydrogen) atoms. The maximum absolute atomic E-state index is 5.54. The highest BCUT2D eigenvalue weighted by Gasteiger charge is 1.99. The maximum atomic E-state index is 5.54. The molecule has 4 heteroatoms. The van der Waals surface area contributed by atoms with Crippen LogP contribution in [0.5, 0.6) is 0 Å². The third-order valence-corrected chi connectivity index (χ3v) is 2.41. The number of nitrogens with zero attached hydrogens (tertiary/aromatic N) is 3. The van der Waals surface area contributed by atoms with E-state index in [9.17, 15) is 0 Å². The SMILES string of the molecule is Cc1cnccc1CCn1ccc(N)n1. The molecule has 0 bridgehead atoms. The smallest absolute Gasteiger partial charge is 0.145 e. The van der Waals surface area contributed by atoms with Crippen LogP contribution in [0.3, 0.4) is 0 Å². The normalized spacial score (nSPS) is 10.5. The molecule has 0 aliphatic rings. The van der Waals surface area contributed by atoms with E-state index in [4.69, 9.17) is 5.73 Å². The molecular weight excluding hydrogens is 188 g/mol. The number of anilines is 1. The number of pyridine rings is 1. The van der Waals surface area contributed by atoms with Crippen molar-refractivity contribution in [3.8, 4) is 0 Å². The Hall–Kier alpha value is -1.84. The summed E-state index contributed by atoms with van der Waals surface area (Å²) in [4.78, 5) is 4.06. The number of rotatable bonds is 3. The van der Waals surface area contributed by atoms with Gasteiger partial charge >= 0.3 is 0 Å². The summed E-state index contributed by atoms with van der Waals surface area (Å²) < 4.78 is 1.86. The summed E-state index contributed by atoms with van der Waals surface area (Å²) in [7, 11) is 0. The van der Waals surface area contributed by atoms with Gasteiger partial charge in [-0.3, -0.25) is 9.67 Å². The Balaban J connectivity index is 2.02. The zero-order valence-electron chi connectivity index (χ0n) is 8.72. The second-order valence-corrected chi connectivity index (χ2v) is 3.56. The van der Waals surface area contributed by atoms with Crippen molar-refractivity contribution < 1.29 is 0 Å². The molecule has 2 rings (SSSR count). The quantitative estimate of drug-likeness (QED) is 0.818. The fraction of sp³-hybridized carbons (Fsp3) is 0.273. The lowest BCUT2D eigenvalue weighted by Gasteiger charge is -2.04. The van der Waals surface area contributed by atoms with Gasteiger partial charge in [0.15, 0.2) is 0 Å². The average molecular weight is 202 g/mol. The monoisotopic (exact) mass is 202 g/mol. The Kier molecular flexibility index (Phi) is 2.67. The van der Waals surface area contributed by atoms with Crippen LogP contribution in [0.2, 0.25) is 0 Å². The van der Waals surface area contributed by atoms with Crippen LogP contribution < -0.4 is 5.73 Å². The molecule has 0 saturated heterocycles. The van der Waals surface area contributed by atoms with E-state index in [-0.39, 0.29) is 0 Å². The van der Waals surface area contributed by atoms with E-state index in [1.807, 2.05) is 29.3 Å². The van der Waals surface area contributed by atoms with Crippen LogP contribution in [0.4, 0.5) is 5.82 Å². The van der Waals surface area contributed by atoms with Gasteiger partial charge in [-0.1, -0.05) is 0 Å². The van der Waals surface area contributed by atoms with Gasteiger partial charge < -0.3 is 5.73 Å². The van der Waals surface area contributed by atoms with Crippen molar-refractivity contribution in [2.24, 2.45) is 0 Å². The second kappa shape index (κ2) is 4.13. The maximum Gasteiger partial charge on any atom is 0.145 e. The standard InChI is InChI=1S/C11H14N4/c1-9-8-13-5-2-10(9)3-6-15-7-4-11(12)14-15/h2,4-5,7-8H,3,6H2,1H3,(H2,12,14). The molecule has 0 saturated carbocycles. The summed E-state index contributed by atoms with van der Waals surface area (Å²) in [5.74, 6) is 0.571. The van der Waals surface area contributed by atoms with Crippen LogP contribution in [-0.4, -0.2) is 14.8 Å². The molecule has 78 valence electrons. The van der Waals surface area contributed by atoms with Crippen LogP contribution in [0, 0.1) is 6.92 Å². The van der Waals surface area contributed by atoms with E-state index < -0.39 is 0 Å². The zero-order valence-corrected chi connectivity index (χ0v) is 8.72. The van der Waals surface area contributed by atoms with Crippen molar-refractivity contribution in [1.82, 2.24) is 14.8 Å². The predicted octanol–water partition coefficient (Wildman–Crippen LogP) is 1.41. The number of aromatic nitrogens is 3. The number of nitrogen functional groups attached to an aromatic ring is 1. The number of aryl methyl sites for hydroxylation is 3. The molecule has 4 nitrogen and oxygen atoms in total. The first-order valence-electron chi connectivity index (χ1n) is 4.94. The van der Waals surface area contributed by atoms with Crippen LogP contribution in [0.1, 0.15) is 11.1 Å². The zero-order chi connectivity index (χ0) is 10.7. The fourth-order valence-electron chi connectivity index (χ4n) is 1.52. The molecule has 0 aromatic carbocycles. The summed E-state index contributed by atoms with van der Waals surface area (Å²) in [6, 6.07) is 3.85. The highest BCUT2D eigenvalue weighted by Crippen LogP contribution is 2.07. The van der Waals surface area contributed by atoms with Gasteiger partial charge in [0.2, 0.25) is 0 Å². The Morgan fingerprint density at radius 1 is 1.40 bits per heavy atom. The molecule has 0 unspecified atom stereocenters. The van der Waals surface area contributed by atoms with E-state index in [1.54, 1.807) is 6.07 Å². The summed E-state index contributed by atoms with van der Waals surface area (Å²) >= 11 is 0. The first-order chi connectivity index (χ1) is 7.25. The minimum absolute atomic E-state index is 0.571. The van der Waals surface area contributed by atoms with Gasteiger partial charge in [-0.15, -0.1) is 0 Å². The first-order valence-corrected chi connectivity index (χ1v) is 4.94. The summed E-state index contributed by atoms with van der Waals surface area (Å²) in [5.41, 5.74) is 8.06. The summed E-state index contributed by atoms with van der Waals surface area (Å²) in [6.07, 6.45) is 6.55.